The Balaban J connectivity index is 1.64. The zero-order valence-corrected chi connectivity index (χ0v) is 13.6. The molecule has 0 aliphatic carbocycles. The van der Waals surface area contributed by atoms with Gasteiger partial charge in [0, 0.05) is 23.5 Å². The number of methoxy groups -OCH3 is 1. The molecule has 0 saturated heterocycles. The minimum atomic E-state index is -0.0266. The number of ether oxygens (including phenoxy) is 1. The number of hydrogen-bond donors (Lipinski definition) is 1. The topological polar surface area (TPSA) is 54.5 Å². The SMILES string of the molecule is COc1cccc2c1CCN(C(=O)NCc1scnc1C)C2. The Morgan fingerprint density at radius 2 is 2.36 bits per heavy atom. The molecule has 116 valence electrons. The summed E-state index contributed by atoms with van der Waals surface area (Å²) in [6, 6.07) is 5.98. The first-order valence-corrected chi connectivity index (χ1v) is 8.13. The third-order valence-corrected chi connectivity index (χ3v) is 4.91. The number of aryl methyl sites for hydroxylation is 1. The van der Waals surface area contributed by atoms with Gasteiger partial charge in [0.15, 0.2) is 0 Å². The van der Waals surface area contributed by atoms with Gasteiger partial charge in [-0.2, -0.15) is 0 Å². The largest absolute Gasteiger partial charge is 0.496 e. The fourth-order valence-corrected chi connectivity index (χ4v) is 3.42. The van der Waals surface area contributed by atoms with Gasteiger partial charge in [-0.1, -0.05) is 12.1 Å². The van der Waals surface area contributed by atoms with Crippen LogP contribution in [0.5, 0.6) is 5.75 Å². The smallest absolute Gasteiger partial charge is 0.318 e. The Labute approximate surface area is 133 Å². The van der Waals surface area contributed by atoms with Crippen molar-refractivity contribution >= 4 is 17.4 Å². The first kappa shape index (κ1) is 14.8. The van der Waals surface area contributed by atoms with Crippen LogP contribution in [0.15, 0.2) is 23.7 Å². The molecule has 2 heterocycles. The van der Waals surface area contributed by atoms with E-state index < -0.39 is 0 Å². The molecular formula is C16H19N3O2S. The number of amides is 2. The predicted molar refractivity (Wildman–Crippen MR) is 86.2 cm³/mol. The number of carbonyl (C=O) groups excluding carboxylic acids is 1. The van der Waals surface area contributed by atoms with Crippen molar-refractivity contribution in [1.82, 2.24) is 15.2 Å². The lowest BCUT2D eigenvalue weighted by atomic mass is 9.99. The Bertz CT molecular complexity index is 684. The van der Waals surface area contributed by atoms with E-state index in [1.165, 1.54) is 5.56 Å². The van der Waals surface area contributed by atoms with Crippen LogP contribution < -0.4 is 10.1 Å². The molecule has 0 radical (unpaired) electrons. The highest BCUT2D eigenvalue weighted by atomic mass is 32.1. The lowest BCUT2D eigenvalue weighted by Crippen LogP contribution is -2.42. The number of fused-ring (bicyclic) bond motifs is 1. The number of carbonyl (C=O) groups is 1. The minimum Gasteiger partial charge on any atom is -0.496 e. The number of nitrogens with one attached hydrogen (secondary N) is 1. The molecule has 2 aromatic rings. The Hall–Kier alpha value is -2.08. The summed E-state index contributed by atoms with van der Waals surface area (Å²) in [5, 5.41) is 2.98. The maximum atomic E-state index is 12.3. The van der Waals surface area contributed by atoms with Crippen LogP contribution in [0.2, 0.25) is 0 Å². The number of aromatic nitrogens is 1. The molecule has 2 amide bonds. The molecule has 1 N–H and O–H groups in total. The van der Waals surface area contributed by atoms with Gasteiger partial charge in [0.1, 0.15) is 5.75 Å². The van der Waals surface area contributed by atoms with E-state index in [0.29, 0.717) is 19.6 Å². The number of thiazole rings is 1. The van der Waals surface area contributed by atoms with Crippen LogP contribution in [0.25, 0.3) is 0 Å². The first-order valence-electron chi connectivity index (χ1n) is 7.25. The van der Waals surface area contributed by atoms with Crippen molar-refractivity contribution in [3.8, 4) is 5.75 Å². The van der Waals surface area contributed by atoms with Gasteiger partial charge in [0.2, 0.25) is 0 Å². The molecule has 0 atom stereocenters. The number of urea groups is 1. The Morgan fingerprint density at radius 3 is 3.09 bits per heavy atom. The van der Waals surface area contributed by atoms with Gasteiger partial charge in [-0.25, -0.2) is 9.78 Å². The maximum Gasteiger partial charge on any atom is 0.318 e. The monoisotopic (exact) mass is 317 g/mol. The number of benzene rings is 1. The molecule has 5 nitrogen and oxygen atoms in total. The lowest BCUT2D eigenvalue weighted by molar-refractivity contribution is 0.191. The van der Waals surface area contributed by atoms with Crippen LogP contribution in [0.1, 0.15) is 21.7 Å². The summed E-state index contributed by atoms with van der Waals surface area (Å²) in [7, 11) is 1.69. The molecule has 22 heavy (non-hydrogen) atoms. The predicted octanol–water partition coefficient (Wildman–Crippen LogP) is 2.73. The van der Waals surface area contributed by atoms with Crippen LogP contribution in [0, 0.1) is 6.92 Å². The third-order valence-electron chi connectivity index (χ3n) is 3.98. The van der Waals surface area contributed by atoms with Gasteiger partial charge < -0.3 is 15.0 Å². The van der Waals surface area contributed by atoms with E-state index >= 15 is 0 Å². The van der Waals surface area contributed by atoms with Gasteiger partial charge in [-0.15, -0.1) is 11.3 Å². The number of hydrogen-bond acceptors (Lipinski definition) is 4. The molecule has 1 aromatic heterocycles. The van der Waals surface area contributed by atoms with Gasteiger partial charge >= 0.3 is 6.03 Å². The van der Waals surface area contributed by atoms with Crippen molar-refractivity contribution < 1.29 is 9.53 Å². The van der Waals surface area contributed by atoms with Crippen LogP contribution in [-0.4, -0.2) is 29.6 Å². The molecule has 1 aromatic carbocycles. The van der Waals surface area contributed by atoms with Crippen LogP contribution in [0.3, 0.4) is 0 Å². The quantitative estimate of drug-likeness (QED) is 0.947. The molecule has 0 unspecified atom stereocenters. The average Bonchev–Trinajstić information content (AvgIpc) is 2.96. The zero-order valence-electron chi connectivity index (χ0n) is 12.8. The molecule has 0 saturated carbocycles. The highest BCUT2D eigenvalue weighted by Crippen LogP contribution is 2.27. The fraction of sp³-hybridized carbons (Fsp3) is 0.375. The summed E-state index contributed by atoms with van der Waals surface area (Å²) >= 11 is 1.57. The molecule has 1 aliphatic heterocycles. The van der Waals surface area contributed by atoms with Crippen molar-refractivity contribution in [2.75, 3.05) is 13.7 Å². The first-order chi connectivity index (χ1) is 10.7. The summed E-state index contributed by atoms with van der Waals surface area (Å²) < 4.78 is 5.39. The van der Waals surface area contributed by atoms with Crippen LogP contribution in [-0.2, 0) is 19.5 Å². The van der Waals surface area contributed by atoms with Crippen molar-refractivity contribution in [1.29, 1.82) is 0 Å². The maximum absolute atomic E-state index is 12.3. The summed E-state index contributed by atoms with van der Waals surface area (Å²) in [5.74, 6) is 0.915. The molecule has 1 aliphatic rings. The van der Waals surface area contributed by atoms with Crippen molar-refractivity contribution in [2.24, 2.45) is 0 Å². The Kier molecular flexibility index (Phi) is 4.29. The zero-order chi connectivity index (χ0) is 15.5. The van der Waals surface area contributed by atoms with Crippen LogP contribution >= 0.6 is 11.3 Å². The molecule has 0 fully saturated rings. The Morgan fingerprint density at radius 1 is 1.50 bits per heavy atom. The fourth-order valence-electron chi connectivity index (χ4n) is 2.70. The minimum absolute atomic E-state index is 0.0266. The highest BCUT2D eigenvalue weighted by molar-refractivity contribution is 7.09. The summed E-state index contributed by atoms with van der Waals surface area (Å²) in [4.78, 5) is 19.5. The van der Waals surface area contributed by atoms with E-state index in [1.807, 2.05) is 24.0 Å². The standard InChI is InChI=1S/C16H19N3O2S/c1-11-15(22-10-18-11)8-17-16(20)19-7-6-13-12(9-19)4-3-5-14(13)21-2/h3-5,10H,6-9H2,1-2H3,(H,17,20). The van der Waals surface area contributed by atoms with E-state index in [9.17, 15) is 4.79 Å². The summed E-state index contributed by atoms with van der Waals surface area (Å²) in [6.07, 6.45) is 0.826. The van der Waals surface area contributed by atoms with E-state index in [-0.39, 0.29) is 6.03 Å². The van der Waals surface area contributed by atoms with Gasteiger partial charge in [-0.05, 0) is 25.0 Å². The van der Waals surface area contributed by atoms with Gasteiger partial charge in [-0.3, -0.25) is 0 Å². The second-order valence-corrected chi connectivity index (χ2v) is 6.23. The lowest BCUT2D eigenvalue weighted by Gasteiger charge is -2.29. The normalized spacial score (nSPS) is 13.6. The molecule has 3 rings (SSSR count). The van der Waals surface area contributed by atoms with E-state index in [4.69, 9.17) is 4.74 Å². The van der Waals surface area contributed by atoms with E-state index in [0.717, 1.165) is 28.3 Å². The molecule has 0 spiro atoms. The van der Waals surface area contributed by atoms with Gasteiger partial charge in [0.25, 0.3) is 0 Å². The van der Waals surface area contributed by atoms with E-state index in [2.05, 4.69) is 16.4 Å². The summed E-state index contributed by atoms with van der Waals surface area (Å²) in [5.41, 5.74) is 5.17. The van der Waals surface area contributed by atoms with Crippen molar-refractivity contribution in [3.63, 3.8) is 0 Å². The van der Waals surface area contributed by atoms with Crippen molar-refractivity contribution in [3.05, 3.63) is 45.4 Å². The third kappa shape index (κ3) is 2.92. The van der Waals surface area contributed by atoms with Gasteiger partial charge in [0.05, 0.1) is 24.9 Å². The average molecular weight is 317 g/mol. The second kappa shape index (κ2) is 6.36. The molecule has 0 bridgehead atoms. The molecule has 6 heteroatoms. The van der Waals surface area contributed by atoms with Crippen LogP contribution in [0.4, 0.5) is 4.79 Å². The van der Waals surface area contributed by atoms with E-state index in [1.54, 1.807) is 24.0 Å². The van der Waals surface area contributed by atoms with Crippen molar-refractivity contribution in [2.45, 2.75) is 26.4 Å². The number of nitrogens with zero attached hydrogens (tertiary/aromatic N) is 2. The highest BCUT2D eigenvalue weighted by Gasteiger charge is 2.22. The second-order valence-electron chi connectivity index (χ2n) is 5.29. The molecular weight excluding hydrogens is 298 g/mol. The number of rotatable bonds is 3. The summed E-state index contributed by atoms with van der Waals surface area (Å²) in [6.45, 7) is 3.83.